The first kappa shape index (κ1) is 14.6. The van der Waals surface area contributed by atoms with Gasteiger partial charge in [-0.3, -0.25) is 4.79 Å². The van der Waals surface area contributed by atoms with Crippen molar-refractivity contribution < 1.29 is 9.90 Å². The third kappa shape index (κ3) is 3.38. The molecule has 2 N–H and O–H groups in total. The number of rotatable bonds is 4. The van der Waals surface area contributed by atoms with Crippen molar-refractivity contribution in [2.24, 2.45) is 0 Å². The summed E-state index contributed by atoms with van der Waals surface area (Å²) >= 11 is 5.99. The maximum Gasteiger partial charge on any atom is 0.224 e. The van der Waals surface area contributed by atoms with Crippen LogP contribution in [0.25, 0.3) is 0 Å². The molecule has 0 saturated carbocycles. The van der Waals surface area contributed by atoms with Crippen LogP contribution >= 0.6 is 11.6 Å². The summed E-state index contributed by atoms with van der Waals surface area (Å²) in [5.41, 5.74) is 1.92. The number of hydrogen-bond donors (Lipinski definition) is 2. The van der Waals surface area contributed by atoms with Crippen molar-refractivity contribution in [3.63, 3.8) is 0 Å². The van der Waals surface area contributed by atoms with Gasteiger partial charge < -0.3 is 10.4 Å². The van der Waals surface area contributed by atoms with E-state index in [1.54, 1.807) is 25.1 Å². The van der Waals surface area contributed by atoms with Gasteiger partial charge in [-0.1, -0.05) is 48.9 Å². The smallest absolute Gasteiger partial charge is 0.224 e. The highest BCUT2D eigenvalue weighted by atomic mass is 35.5. The standard InChI is InChI=1S/C16H16ClNO2/c1-2-15(19)18-14-9-8-12(17)10-13(14)16(20)11-6-4-3-5-7-11/h3-10,16,20H,2H2,1H3,(H,18,19). The molecular formula is C16H16ClNO2. The van der Waals surface area contributed by atoms with Gasteiger partial charge in [0.15, 0.2) is 0 Å². The zero-order chi connectivity index (χ0) is 14.5. The van der Waals surface area contributed by atoms with Gasteiger partial charge >= 0.3 is 0 Å². The average Bonchev–Trinajstić information content (AvgIpc) is 2.49. The molecule has 4 heteroatoms. The van der Waals surface area contributed by atoms with Crippen molar-refractivity contribution in [2.75, 3.05) is 5.32 Å². The molecule has 1 atom stereocenters. The van der Waals surface area contributed by atoms with Crippen LogP contribution in [0.2, 0.25) is 5.02 Å². The number of anilines is 1. The summed E-state index contributed by atoms with van der Waals surface area (Å²) in [6.07, 6.45) is -0.453. The Bertz CT molecular complexity index is 599. The summed E-state index contributed by atoms with van der Waals surface area (Å²) in [6.45, 7) is 1.78. The molecule has 2 aromatic carbocycles. The van der Waals surface area contributed by atoms with Crippen LogP contribution in [0.15, 0.2) is 48.5 Å². The number of carbonyl (C=O) groups excluding carboxylic acids is 1. The van der Waals surface area contributed by atoms with Gasteiger partial charge in [-0.25, -0.2) is 0 Å². The second kappa shape index (κ2) is 6.55. The Kier molecular flexibility index (Phi) is 4.77. The molecule has 0 aliphatic rings. The Morgan fingerprint density at radius 1 is 1.25 bits per heavy atom. The number of aliphatic hydroxyl groups excluding tert-OH is 1. The molecule has 20 heavy (non-hydrogen) atoms. The second-order valence-electron chi connectivity index (χ2n) is 4.45. The molecule has 1 unspecified atom stereocenters. The lowest BCUT2D eigenvalue weighted by Crippen LogP contribution is -2.13. The topological polar surface area (TPSA) is 49.3 Å². The van der Waals surface area contributed by atoms with E-state index in [0.717, 1.165) is 5.56 Å². The molecule has 0 aliphatic carbocycles. The molecule has 3 nitrogen and oxygen atoms in total. The third-order valence-corrected chi connectivity index (χ3v) is 3.25. The van der Waals surface area contributed by atoms with E-state index in [-0.39, 0.29) is 5.91 Å². The fourth-order valence-corrected chi connectivity index (χ4v) is 2.11. The molecule has 0 saturated heterocycles. The summed E-state index contributed by atoms with van der Waals surface area (Å²) in [5.74, 6) is -0.103. The highest BCUT2D eigenvalue weighted by Crippen LogP contribution is 2.30. The summed E-state index contributed by atoms with van der Waals surface area (Å²) < 4.78 is 0. The Labute approximate surface area is 123 Å². The lowest BCUT2D eigenvalue weighted by Gasteiger charge is -2.17. The lowest BCUT2D eigenvalue weighted by atomic mass is 10.00. The molecule has 1 amide bonds. The molecule has 0 fully saturated rings. The van der Waals surface area contributed by atoms with E-state index in [1.807, 2.05) is 30.3 Å². The molecule has 104 valence electrons. The van der Waals surface area contributed by atoms with Crippen LogP contribution in [0.5, 0.6) is 0 Å². The Hall–Kier alpha value is -1.84. The fraction of sp³-hybridized carbons (Fsp3) is 0.188. The van der Waals surface area contributed by atoms with E-state index in [2.05, 4.69) is 5.32 Å². The summed E-state index contributed by atoms with van der Waals surface area (Å²) in [6, 6.07) is 14.3. The Morgan fingerprint density at radius 3 is 2.60 bits per heavy atom. The van der Waals surface area contributed by atoms with E-state index in [4.69, 9.17) is 11.6 Å². The first-order chi connectivity index (χ1) is 9.61. The van der Waals surface area contributed by atoms with Crippen LogP contribution in [0.4, 0.5) is 5.69 Å². The molecule has 0 aliphatic heterocycles. The van der Waals surface area contributed by atoms with Crippen LogP contribution in [0, 0.1) is 0 Å². The fourth-order valence-electron chi connectivity index (χ4n) is 1.93. The van der Waals surface area contributed by atoms with Crippen molar-refractivity contribution >= 4 is 23.2 Å². The number of benzene rings is 2. The van der Waals surface area contributed by atoms with E-state index >= 15 is 0 Å². The molecule has 0 radical (unpaired) electrons. The number of nitrogens with one attached hydrogen (secondary N) is 1. The van der Waals surface area contributed by atoms with Gasteiger partial charge in [0.1, 0.15) is 6.10 Å². The minimum absolute atomic E-state index is 0.103. The van der Waals surface area contributed by atoms with Crippen LogP contribution in [0.1, 0.15) is 30.6 Å². The number of halogens is 1. The molecule has 0 aromatic heterocycles. The minimum atomic E-state index is -0.831. The molecule has 2 rings (SSSR count). The van der Waals surface area contributed by atoms with E-state index in [0.29, 0.717) is 22.7 Å². The maximum atomic E-state index is 11.6. The predicted molar refractivity (Wildman–Crippen MR) is 80.9 cm³/mol. The van der Waals surface area contributed by atoms with Crippen LogP contribution in [-0.4, -0.2) is 11.0 Å². The number of carbonyl (C=O) groups is 1. The van der Waals surface area contributed by atoms with Crippen molar-refractivity contribution in [1.29, 1.82) is 0 Å². The summed E-state index contributed by atoms with van der Waals surface area (Å²) in [5, 5.41) is 13.8. The van der Waals surface area contributed by atoms with E-state index < -0.39 is 6.10 Å². The third-order valence-electron chi connectivity index (χ3n) is 3.02. The minimum Gasteiger partial charge on any atom is -0.384 e. The summed E-state index contributed by atoms with van der Waals surface area (Å²) in [4.78, 5) is 11.6. The summed E-state index contributed by atoms with van der Waals surface area (Å²) in [7, 11) is 0. The number of amides is 1. The normalized spacial score (nSPS) is 11.9. The molecule has 2 aromatic rings. The number of aliphatic hydroxyl groups is 1. The molecule has 0 bridgehead atoms. The molecular weight excluding hydrogens is 274 g/mol. The van der Waals surface area contributed by atoms with Gasteiger partial charge in [0, 0.05) is 22.7 Å². The first-order valence-electron chi connectivity index (χ1n) is 6.44. The van der Waals surface area contributed by atoms with Gasteiger partial charge in [0.2, 0.25) is 5.91 Å². The Balaban J connectivity index is 2.38. The van der Waals surface area contributed by atoms with Crippen LogP contribution in [-0.2, 0) is 4.79 Å². The molecule has 0 heterocycles. The second-order valence-corrected chi connectivity index (χ2v) is 4.88. The van der Waals surface area contributed by atoms with Gasteiger partial charge in [0.05, 0.1) is 0 Å². The van der Waals surface area contributed by atoms with Gasteiger partial charge in [-0.05, 0) is 23.8 Å². The van der Waals surface area contributed by atoms with Gasteiger partial charge in [-0.15, -0.1) is 0 Å². The van der Waals surface area contributed by atoms with E-state index in [1.165, 1.54) is 0 Å². The zero-order valence-electron chi connectivity index (χ0n) is 11.1. The van der Waals surface area contributed by atoms with Crippen molar-refractivity contribution in [3.8, 4) is 0 Å². The largest absolute Gasteiger partial charge is 0.384 e. The average molecular weight is 290 g/mol. The predicted octanol–water partition coefficient (Wildman–Crippen LogP) is 3.77. The van der Waals surface area contributed by atoms with Gasteiger partial charge in [0.25, 0.3) is 0 Å². The Morgan fingerprint density at radius 2 is 1.95 bits per heavy atom. The van der Waals surface area contributed by atoms with Gasteiger partial charge in [-0.2, -0.15) is 0 Å². The SMILES string of the molecule is CCC(=O)Nc1ccc(Cl)cc1C(O)c1ccccc1. The highest BCUT2D eigenvalue weighted by molar-refractivity contribution is 6.30. The molecule has 0 spiro atoms. The quantitative estimate of drug-likeness (QED) is 0.900. The van der Waals surface area contributed by atoms with Crippen molar-refractivity contribution in [1.82, 2.24) is 0 Å². The van der Waals surface area contributed by atoms with Crippen LogP contribution < -0.4 is 5.32 Å². The van der Waals surface area contributed by atoms with E-state index in [9.17, 15) is 9.90 Å². The number of hydrogen-bond acceptors (Lipinski definition) is 2. The maximum absolute atomic E-state index is 11.6. The zero-order valence-corrected chi connectivity index (χ0v) is 11.9. The van der Waals surface area contributed by atoms with Crippen LogP contribution in [0.3, 0.4) is 0 Å². The monoisotopic (exact) mass is 289 g/mol. The first-order valence-corrected chi connectivity index (χ1v) is 6.82. The van der Waals surface area contributed by atoms with Crippen molar-refractivity contribution in [2.45, 2.75) is 19.4 Å². The highest BCUT2D eigenvalue weighted by Gasteiger charge is 2.16. The lowest BCUT2D eigenvalue weighted by molar-refractivity contribution is -0.115. The van der Waals surface area contributed by atoms with Crippen molar-refractivity contribution in [3.05, 3.63) is 64.7 Å².